The van der Waals surface area contributed by atoms with Crippen LogP contribution < -0.4 is 5.32 Å². The first-order valence-corrected chi connectivity index (χ1v) is 9.38. The van der Waals surface area contributed by atoms with Gasteiger partial charge in [-0.2, -0.15) is 0 Å². The summed E-state index contributed by atoms with van der Waals surface area (Å²) in [6.45, 7) is 0.328. The topological polar surface area (TPSA) is 69.7 Å². The summed E-state index contributed by atoms with van der Waals surface area (Å²) in [5.41, 5.74) is 0.888. The second kappa shape index (κ2) is 8.39. The zero-order chi connectivity index (χ0) is 19.3. The van der Waals surface area contributed by atoms with E-state index in [-0.39, 0.29) is 29.7 Å². The monoisotopic (exact) mass is 379 g/mol. The number of benzene rings is 2. The molecule has 6 nitrogen and oxygen atoms in total. The van der Waals surface area contributed by atoms with E-state index in [1.807, 2.05) is 0 Å². The highest BCUT2D eigenvalue weighted by molar-refractivity contribution is 7.89. The minimum absolute atomic E-state index is 0.0407. The van der Waals surface area contributed by atoms with Crippen molar-refractivity contribution in [3.63, 3.8) is 0 Å². The number of sulfonamides is 1. The fourth-order valence-corrected chi connectivity index (χ4v) is 3.31. The van der Waals surface area contributed by atoms with Gasteiger partial charge in [0.25, 0.3) is 0 Å². The molecule has 26 heavy (non-hydrogen) atoms. The molecule has 2 aromatic carbocycles. The van der Waals surface area contributed by atoms with Gasteiger partial charge in [-0.3, -0.25) is 9.69 Å². The van der Waals surface area contributed by atoms with Gasteiger partial charge in [0.15, 0.2) is 0 Å². The Kier molecular flexibility index (Phi) is 6.47. The summed E-state index contributed by atoms with van der Waals surface area (Å²) in [6.07, 6.45) is 0. The molecule has 0 bridgehead atoms. The van der Waals surface area contributed by atoms with Gasteiger partial charge in [-0.1, -0.05) is 24.3 Å². The SMILES string of the molecule is CN(CC(=O)Nc1cccc(S(=O)(=O)N(C)C)c1)Cc1ccccc1F. The summed E-state index contributed by atoms with van der Waals surface area (Å²) in [4.78, 5) is 14.0. The summed E-state index contributed by atoms with van der Waals surface area (Å²) in [6, 6.07) is 12.4. The van der Waals surface area contributed by atoms with Crippen molar-refractivity contribution in [2.24, 2.45) is 0 Å². The number of hydrogen-bond acceptors (Lipinski definition) is 4. The van der Waals surface area contributed by atoms with Gasteiger partial charge < -0.3 is 5.32 Å². The standard InChI is InChI=1S/C18H22FN3O3S/c1-21(2)26(24,25)16-9-6-8-15(11-16)20-18(23)13-22(3)12-14-7-4-5-10-17(14)19/h4-11H,12-13H2,1-3H3,(H,20,23). The van der Waals surface area contributed by atoms with Crippen LogP contribution in [0.5, 0.6) is 0 Å². The molecule has 0 fully saturated rings. The molecule has 0 unspecified atom stereocenters. The van der Waals surface area contributed by atoms with Crippen molar-refractivity contribution in [3.05, 3.63) is 59.9 Å². The summed E-state index contributed by atoms with van der Waals surface area (Å²) < 4.78 is 39.1. The molecule has 0 radical (unpaired) electrons. The van der Waals surface area contributed by atoms with E-state index in [1.54, 1.807) is 42.3 Å². The molecule has 0 aliphatic heterocycles. The van der Waals surface area contributed by atoms with Crippen molar-refractivity contribution < 1.29 is 17.6 Å². The number of rotatable bonds is 7. The van der Waals surface area contributed by atoms with E-state index in [2.05, 4.69) is 5.32 Å². The summed E-state index contributed by atoms with van der Waals surface area (Å²) in [5, 5.41) is 2.67. The Morgan fingerprint density at radius 2 is 1.77 bits per heavy atom. The highest BCUT2D eigenvalue weighted by atomic mass is 32.2. The highest BCUT2D eigenvalue weighted by Crippen LogP contribution is 2.18. The molecular weight excluding hydrogens is 357 g/mol. The van der Waals surface area contributed by atoms with E-state index < -0.39 is 10.0 Å². The smallest absolute Gasteiger partial charge is 0.242 e. The second-order valence-electron chi connectivity index (χ2n) is 6.13. The molecule has 0 spiro atoms. The number of carbonyl (C=O) groups excluding carboxylic acids is 1. The van der Waals surface area contributed by atoms with E-state index in [9.17, 15) is 17.6 Å². The van der Waals surface area contributed by atoms with E-state index in [0.717, 1.165) is 4.31 Å². The van der Waals surface area contributed by atoms with Gasteiger partial charge in [-0.15, -0.1) is 0 Å². The Labute approximate surface area is 153 Å². The first-order chi connectivity index (χ1) is 12.2. The normalized spacial score (nSPS) is 11.8. The number of hydrogen-bond donors (Lipinski definition) is 1. The number of anilines is 1. The Morgan fingerprint density at radius 1 is 1.08 bits per heavy atom. The van der Waals surface area contributed by atoms with Gasteiger partial charge in [-0.25, -0.2) is 17.1 Å². The summed E-state index contributed by atoms with van der Waals surface area (Å²) in [5.74, 6) is -0.635. The Bertz CT molecular complexity index is 885. The number of amides is 1. The predicted molar refractivity (Wildman–Crippen MR) is 98.7 cm³/mol. The van der Waals surface area contributed by atoms with Crippen molar-refractivity contribution >= 4 is 21.6 Å². The van der Waals surface area contributed by atoms with Crippen molar-refractivity contribution in [1.29, 1.82) is 0 Å². The van der Waals surface area contributed by atoms with Crippen LogP contribution in [-0.4, -0.2) is 51.2 Å². The molecule has 8 heteroatoms. The van der Waals surface area contributed by atoms with Crippen LogP contribution in [0.1, 0.15) is 5.56 Å². The quantitative estimate of drug-likeness (QED) is 0.800. The molecule has 1 N–H and O–H groups in total. The van der Waals surface area contributed by atoms with Crippen LogP contribution >= 0.6 is 0 Å². The third-order valence-electron chi connectivity index (χ3n) is 3.71. The summed E-state index contributed by atoms with van der Waals surface area (Å²) >= 11 is 0. The van der Waals surface area contributed by atoms with Gasteiger partial charge in [0, 0.05) is 31.9 Å². The molecular formula is C18H22FN3O3S. The van der Waals surface area contributed by atoms with E-state index in [4.69, 9.17) is 0 Å². The zero-order valence-electron chi connectivity index (χ0n) is 14.9. The minimum Gasteiger partial charge on any atom is -0.325 e. The van der Waals surface area contributed by atoms with E-state index in [0.29, 0.717) is 11.3 Å². The van der Waals surface area contributed by atoms with Crippen LogP contribution in [0.4, 0.5) is 10.1 Å². The number of likely N-dealkylation sites (N-methyl/N-ethyl adjacent to an activating group) is 1. The lowest BCUT2D eigenvalue weighted by molar-refractivity contribution is -0.117. The molecule has 0 aliphatic carbocycles. The van der Waals surface area contributed by atoms with Crippen LogP contribution in [0.15, 0.2) is 53.4 Å². The predicted octanol–water partition coefficient (Wildman–Crippen LogP) is 2.15. The molecule has 140 valence electrons. The molecule has 2 aromatic rings. The third kappa shape index (κ3) is 5.10. The fraction of sp³-hybridized carbons (Fsp3) is 0.278. The first-order valence-electron chi connectivity index (χ1n) is 7.94. The van der Waals surface area contributed by atoms with Crippen molar-refractivity contribution in [3.8, 4) is 0 Å². The van der Waals surface area contributed by atoms with Crippen LogP contribution in [0.25, 0.3) is 0 Å². The van der Waals surface area contributed by atoms with Gasteiger partial charge in [0.1, 0.15) is 5.82 Å². The van der Waals surface area contributed by atoms with Crippen LogP contribution in [0.2, 0.25) is 0 Å². The Morgan fingerprint density at radius 3 is 2.42 bits per heavy atom. The second-order valence-corrected chi connectivity index (χ2v) is 8.28. The van der Waals surface area contributed by atoms with Crippen molar-refractivity contribution in [1.82, 2.24) is 9.21 Å². The van der Waals surface area contributed by atoms with E-state index >= 15 is 0 Å². The number of halogens is 1. The molecule has 2 rings (SSSR count). The maximum atomic E-state index is 13.7. The lowest BCUT2D eigenvalue weighted by Crippen LogP contribution is -2.30. The number of nitrogens with one attached hydrogen (secondary N) is 1. The molecule has 0 saturated carbocycles. The fourth-order valence-electron chi connectivity index (χ4n) is 2.36. The van der Waals surface area contributed by atoms with Crippen molar-refractivity contribution in [2.45, 2.75) is 11.4 Å². The maximum absolute atomic E-state index is 13.7. The minimum atomic E-state index is -3.57. The molecule has 0 atom stereocenters. The van der Waals surface area contributed by atoms with Crippen LogP contribution in [-0.2, 0) is 21.4 Å². The largest absolute Gasteiger partial charge is 0.325 e. The van der Waals surface area contributed by atoms with Crippen LogP contribution in [0, 0.1) is 5.82 Å². The highest BCUT2D eigenvalue weighted by Gasteiger charge is 2.18. The summed E-state index contributed by atoms with van der Waals surface area (Å²) in [7, 11) is 1.02. The maximum Gasteiger partial charge on any atom is 0.242 e. The average Bonchev–Trinajstić information content (AvgIpc) is 2.56. The lowest BCUT2D eigenvalue weighted by atomic mass is 10.2. The number of carbonyl (C=O) groups is 1. The first kappa shape index (κ1) is 20.0. The lowest BCUT2D eigenvalue weighted by Gasteiger charge is -2.17. The van der Waals surface area contributed by atoms with Gasteiger partial charge in [0.2, 0.25) is 15.9 Å². The Balaban J connectivity index is 2.01. The number of nitrogens with zero attached hydrogens (tertiary/aromatic N) is 2. The molecule has 0 aromatic heterocycles. The Hall–Kier alpha value is -2.29. The molecule has 0 heterocycles. The zero-order valence-corrected chi connectivity index (χ0v) is 15.8. The van der Waals surface area contributed by atoms with Crippen LogP contribution in [0.3, 0.4) is 0 Å². The van der Waals surface area contributed by atoms with Gasteiger partial charge in [-0.05, 0) is 31.3 Å². The third-order valence-corrected chi connectivity index (χ3v) is 5.52. The average molecular weight is 379 g/mol. The van der Waals surface area contributed by atoms with Gasteiger partial charge >= 0.3 is 0 Å². The van der Waals surface area contributed by atoms with E-state index in [1.165, 1.54) is 32.3 Å². The van der Waals surface area contributed by atoms with Crippen molar-refractivity contribution in [2.75, 3.05) is 33.0 Å². The van der Waals surface area contributed by atoms with Gasteiger partial charge in [0.05, 0.1) is 11.4 Å². The molecule has 0 saturated heterocycles. The molecule has 1 amide bonds. The molecule has 0 aliphatic rings.